The molecule has 2 heterocycles. The van der Waals surface area contributed by atoms with Crippen LogP contribution in [0.4, 0.5) is 10.2 Å². The van der Waals surface area contributed by atoms with Crippen molar-refractivity contribution in [1.82, 2.24) is 14.9 Å². The van der Waals surface area contributed by atoms with E-state index in [1.165, 1.54) is 44.6 Å². The average molecular weight is 471 g/mol. The second kappa shape index (κ2) is 8.47. The topological polar surface area (TPSA) is 61.3 Å². The summed E-state index contributed by atoms with van der Waals surface area (Å²) in [6.07, 6.45) is 9.88. The van der Waals surface area contributed by atoms with Crippen molar-refractivity contribution >= 4 is 17.4 Å². The summed E-state index contributed by atoms with van der Waals surface area (Å²) in [5.74, 6) is 2.98. The van der Waals surface area contributed by atoms with Crippen molar-refractivity contribution in [2.24, 2.45) is 23.2 Å². The molecule has 5 nitrogen and oxygen atoms in total. The van der Waals surface area contributed by atoms with E-state index in [2.05, 4.69) is 20.2 Å². The van der Waals surface area contributed by atoms with Crippen LogP contribution in [-0.4, -0.2) is 39.2 Å². The summed E-state index contributed by atoms with van der Waals surface area (Å²) in [6, 6.07) is 5.00. The second-order valence-electron chi connectivity index (χ2n) is 11.0. The summed E-state index contributed by atoms with van der Waals surface area (Å²) in [7, 11) is 0. The number of aromatic nitrogens is 2. The van der Waals surface area contributed by atoms with Gasteiger partial charge in [0.1, 0.15) is 18.0 Å². The highest BCUT2D eigenvalue weighted by Gasteiger charge is 2.53. The van der Waals surface area contributed by atoms with Crippen molar-refractivity contribution in [2.75, 3.05) is 18.4 Å². The number of halogens is 2. The van der Waals surface area contributed by atoms with Crippen LogP contribution in [0.1, 0.15) is 55.3 Å². The Morgan fingerprint density at radius 2 is 1.88 bits per heavy atom. The third kappa shape index (κ3) is 4.15. The maximum atomic E-state index is 13.8. The van der Waals surface area contributed by atoms with Gasteiger partial charge in [0.25, 0.3) is 0 Å². The standard InChI is InChI=1S/C26H32ClFN4O/c27-21-2-1-16(8-22(21)28)13-32-4-3-20-23(14-32)30-15-31-25(20)29-12-24(33)26-9-17-5-18(10-26)7-19(6-17)11-26/h1-2,8,15,17-19,24,33H,3-7,9-14H2,(H,29,30,31). The number of nitrogens with one attached hydrogen (secondary N) is 1. The minimum absolute atomic E-state index is 0.111. The van der Waals surface area contributed by atoms with E-state index in [9.17, 15) is 9.50 Å². The molecule has 7 rings (SSSR count). The van der Waals surface area contributed by atoms with Gasteiger partial charge in [-0.1, -0.05) is 17.7 Å². The lowest BCUT2D eigenvalue weighted by Crippen LogP contribution is -2.53. The molecule has 1 aliphatic heterocycles. The first-order valence-electron chi connectivity index (χ1n) is 12.4. The minimum Gasteiger partial charge on any atom is -0.391 e. The molecule has 4 fully saturated rings. The molecule has 1 aromatic carbocycles. The number of hydrogen-bond acceptors (Lipinski definition) is 5. The number of rotatable bonds is 6. The van der Waals surface area contributed by atoms with E-state index in [0.29, 0.717) is 19.6 Å². The van der Waals surface area contributed by atoms with Crippen LogP contribution in [0.5, 0.6) is 0 Å². The van der Waals surface area contributed by atoms with Gasteiger partial charge < -0.3 is 10.4 Å². The molecule has 4 bridgehead atoms. The fraction of sp³-hybridized carbons (Fsp3) is 0.615. The highest BCUT2D eigenvalue weighted by atomic mass is 35.5. The van der Waals surface area contributed by atoms with Gasteiger partial charge >= 0.3 is 0 Å². The summed E-state index contributed by atoms with van der Waals surface area (Å²) in [5, 5.41) is 14.9. The lowest BCUT2D eigenvalue weighted by Gasteiger charge is -2.58. The Morgan fingerprint density at radius 3 is 2.58 bits per heavy atom. The highest BCUT2D eigenvalue weighted by Crippen LogP contribution is 2.61. The lowest BCUT2D eigenvalue weighted by atomic mass is 9.48. The number of fused-ring (bicyclic) bond motifs is 1. The zero-order valence-corrected chi connectivity index (χ0v) is 19.7. The van der Waals surface area contributed by atoms with E-state index in [1.807, 2.05) is 6.07 Å². The van der Waals surface area contributed by atoms with E-state index in [0.717, 1.165) is 53.4 Å². The number of anilines is 1. The van der Waals surface area contributed by atoms with Crippen LogP contribution in [0.15, 0.2) is 24.5 Å². The van der Waals surface area contributed by atoms with Crippen molar-refractivity contribution < 1.29 is 9.50 Å². The van der Waals surface area contributed by atoms with E-state index in [4.69, 9.17) is 11.6 Å². The molecule has 0 saturated heterocycles. The fourth-order valence-electron chi connectivity index (χ4n) is 7.59. The largest absolute Gasteiger partial charge is 0.391 e. The zero-order chi connectivity index (χ0) is 22.6. The maximum absolute atomic E-state index is 13.8. The van der Waals surface area contributed by atoms with Crippen molar-refractivity contribution in [3.8, 4) is 0 Å². The Hall–Kier alpha value is -1.76. The van der Waals surface area contributed by atoms with Gasteiger partial charge in [-0.15, -0.1) is 0 Å². The molecule has 4 aliphatic carbocycles. The Labute approximate surface area is 199 Å². The first kappa shape index (κ1) is 21.8. The summed E-state index contributed by atoms with van der Waals surface area (Å²) in [6.45, 7) is 2.78. The molecule has 176 valence electrons. The Kier molecular flexibility index (Phi) is 5.58. The predicted molar refractivity (Wildman–Crippen MR) is 126 cm³/mol. The molecule has 0 radical (unpaired) electrons. The maximum Gasteiger partial charge on any atom is 0.142 e. The molecule has 5 aliphatic rings. The van der Waals surface area contributed by atoms with Crippen molar-refractivity contribution in [3.05, 3.63) is 52.2 Å². The van der Waals surface area contributed by atoms with Gasteiger partial charge in [0.05, 0.1) is 16.8 Å². The zero-order valence-electron chi connectivity index (χ0n) is 18.9. The summed E-state index contributed by atoms with van der Waals surface area (Å²) < 4.78 is 13.8. The Morgan fingerprint density at radius 1 is 1.15 bits per heavy atom. The number of nitrogens with zero attached hydrogens (tertiary/aromatic N) is 3. The molecule has 2 aromatic rings. The van der Waals surface area contributed by atoms with E-state index in [1.54, 1.807) is 12.4 Å². The molecule has 7 heteroatoms. The van der Waals surface area contributed by atoms with Crippen LogP contribution in [-0.2, 0) is 19.5 Å². The van der Waals surface area contributed by atoms with E-state index in [-0.39, 0.29) is 22.4 Å². The molecular formula is C26H32ClFN4O. The number of aliphatic hydroxyl groups excluding tert-OH is 1. The molecule has 2 N–H and O–H groups in total. The van der Waals surface area contributed by atoms with Gasteiger partial charge in [0, 0.05) is 31.7 Å². The number of benzene rings is 1. The molecule has 1 unspecified atom stereocenters. The van der Waals surface area contributed by atoms with Gasteiger partial charge in [0.2, 0.25) is 0 Å². The van der Waals surface area contributed by atoms with Crippen LogP contribution in [0, 0.1) is 29.0 Å². The first-order chi connectivity index (χ1) is 16.0. The molecule has 0 spiro atoms. The molecule has 4 saturated carbocycles. The fourth-order valence-corrected chi connectivity index (χ4v) is 7.71. The first-order valence-corrected chi connectivity index (χ1v) is 12.8. The van der Waals surface area contributed by atoms with Crippen molar-refractivity contribution in [3.63, 3.8) is 0 Å². The molecule has 0 amide bonds. The lowest BCUT2D eigenvalue weighted by molar-refractivity contribution is -0.115. The highest BCUT2D eigenvalue weighted by molar-refractivity contribution is 6.30. The molecule has 1 aromatic heterocycles. The van der Waals surface area contributed by atoms with Gasteiger partial charge in [-0.05, 0) is 85.8 Å². The normalized spacial score (nSPS) is 31.4. The number of aliphatic hydroxyl groups is 1. The van der Waals surface area contributed by atoms with Gasteiger partial charge in [-0.3, -0.25) is 4.90 Å². The Bertz CT molecular complexity index is 1010. The van der Waals surface area contributed by atoms with Gasteiger partial charge in [-0.25, -0.2) is 14.4 Å². The predicted octanol–water partition coefficient (Wildman–Crippen LogP) is 4.82. The van der Waals surface area contributed by atoms with Gasteiger partial charge in [-0.2, -0.15) is 0 Å². The summed E-state index contributed by atoms with van der Waals surface area (Å²) >= 11 is 5.82. The van der Waals surface area contributed by atoms with Crippen LogP contribution in [0.25, 0.3) is 0 Å². The third-order valence-corrected chi connectivity index (χ3v) is 9.04. The summed E-state index contributed by atoms with van der Waals surface area (Å²) in [5.41, 5.74) is 3.18. The van der Waals surface area contributed by atoms with Crippen molar-refractivity contribution in [1.29, 1.82) is 0 Å². The quantitative estimate of drug-likeness (QED) is 0.634. The van der Waals surface area contributed by atoms with Crippen LogP contribution < -0.4 is 5.32 Å². The number of hydrogen-bond donors (Lipinski definition) is 2. The third-order valence-electron chi connectivity index (χ3n) is 8.73. The molecule has 1 atom stereocenters. The van der Waals surface area contributed by atoms with Crippen LogP contribution in [0.2, 0.25) is 5.02 Å². The Balaban J connectivity index is 1.11. The van der Waals surface area contributed by atoms with Crippen LogP contribution in [0.3, 0.4) is 0 Å². The second-order valence-corrected chi connectivity index (χ2v) is 11.4. The smallest absolute Gasteiger partial charge is 0.142 e. The minimum atomic E-state index is -0.377. The van der Waals surface area contributed by atoms with Crippen LogP contribution >= 0.6 is 11.6 Å². The average Bonchev–Trinajstić information content (AvgIpc) is 2.79. The van der Waals surface area contributed by atoms with Crippen molar-refractivity contribution in [2.45, 2.75) is 64.1 Å². The monoisotopic (exact) mass is 470 g/mol. The SMILES string of the molecule is OC(CNc1ncnc2c1CCN(Cc1ccc(Cl)c(F)c1)C2)C12CC3CC(CC(C3)C1)C2. The molecular weight excluding hydrogens is 439 g/mol. The van der Waals surface area contributed by atoms with Gasteiger partial charge in [0.15, 0.2) is 0 Å². The van der Waals surface area contributed by atoms with E-state index >= 15 is 0 Å². The van der Waals surface area contributed by atoms with E-state index < -0.39 is 0 Å². The molecule has 33 heavy (non-hydrogen) atoms. The summed E-state index contributed by atoms with van der Waals surface area (Å²) in [4.78, 5) is 11.3.